The largest absolute Gasteiger partial charge is 0.416 e. The second-order valence-electron chi connectivity index (χ2n) is 7.22. The van der Waals surface area contributed by atoms with E-state index in [0.717, 1.165) is 28.2 Å². The van der Waals surface area contributed by atoms with Crippen LogP contribution in [0.15, 0.2) is 87.3 Å². The zero-order valence-electron chi connectivity index (χ0n) is 17.8. The smallest absolute Gasteiger partial charge is 0.271 e. The minimum atomic E-state index is -4.51. The number of hydrogen-bond acceptors (Lipinski definition) is 4. The predicted molar refractivity (Wildman–Crippen MR) is 127 cm³/mol. The minimum absolute atomic E-state index is 0.00153. The number of hydrogen-bond donors (Lipinski definition) is 1. The summed E-state index contributed by atoms with van der Waals surface area (Å²) < 4.78 is 66.7. The van der Waals surface area contributed by atoms with Crippen LogP contribution >= 0.6 is 15.9 Å². The number of carbonyl (C=O) groups is 1. The van der Waals surface area contributed by atoms with Crippen molar-refractivity contribution in [2.45, 2.75) is 18.0 Å². The highest BCUT2D eigenvalue weighted by atomic mass is 79.9. The summed E-state index contributed by atoms with van der Waals surface area (Å²) in [6, 6.07) is 17.0. The van der Waals surface area contributed by atoms with Gasteiger partial charge in [-0.3, -0.25) is 9.10 Å². The van der Waals surface area contributed by atoms with E-state index in [1.807, 2.05) is 6.92 Å². The standard InChI is InChI=1S/C23H19BrF3N3O3S/c1-16-8-10-21(11-9-16)34(32,33)30(20-7-3-6-19(24)13-20)15-22(31)29-28-14-17-4-2-5-18(12-17)23(25,26)27/h2-14H,15H2,1H3,(H,29,31)/b28-14-. The molecule has 1 N–H and O–H groups in total. The van der Waals surface area contributed by atoms with Crippen LogP contribution in [0.4, 0.5) is 18.9 Å². The van der Waals surface area contributed by atoms with Crippen molar-refractivity contribution in [1.82, 2.24) is 5.43 Å². The first-order valence-electron chi connectivity index (χ1n) is 9.81. The Labute approximate surface area is 203 Å². The van der Waals surface area contributed by atoms with Crippen molar-refractivity contribution in [3.05, 3.63) is 94.0 Å². The van der Waals surface area contributed by atoms with Crippen LogP contribution in [0.1, 0.15) is 16.7 Å². The van der Waals surface area contributed by atoms with E-state index in [1.165, 1.54) is 30.3 Å². The van der Waals surface area contributed by atoms with Crippen molar-refractivity contribution in [3.63, 3.8) is 0 Å². The fraction of sp³-hybridized carbons (Fsp3) is 0.130. The molecule has 0 heterocycles. The van der Waals surface area contributed by atoms with E-state index in [1.54, 1.807) is 30.3 Å². The number of benzene rings is 3. The van der Waals surface area contributed by atoms with E-state index in [4.69, 9.17) is 0 Å². The van der Waals surface area contributed by atoms with Crippen LogP contribution in [0.2, 0.25) is 0 Å². The Hall–Kier alpha value is -3.18. The molecule has 34 heavy (non-hydrogen) atoms. The molecule has 0 atom stereocenters. The Kier molecular flexibility index (Phi) is 7.78. The first kappa shape index (κ1) is 25.4. The summed E-state index contributed by atoms with van der Waals surface area (Å²) in [4.78, 5) is 12.5. The highest BCUT2D eigenvalue weighted by Crippen LogP contribution is 2.29. The van der Waals surface area contributed by atoms with Gasteiger partial charge in [-0.15, -0.1) is 0 Å². The van der Waals surface area contributed by atoms with Crippen LogP contribution in [0.3, 0.4) is 0 Å². The summed E-state index contributed by atoms with van der Waals surface area (Å²) in [6.07, 6.45) is -3.47. The van der Waals surface area contributed by atoms with Gasteiger partial charge in [0, 0.05) is 4.47 Å². The van der Waals surface area contributed by atoms with Crippen LogP contribution in [0.25, 0.3) is 0 Å². The van der Waals surface area contributed by atoms with Gasteiger partial charge >= 0.3 is 6.18 Å². The predicted octanol–water partition coefficient (Wildman–Crippen LogP) is 5.12. The lowest BCUT2D eigenvalue weighted by atomic mass is 10.1. The molecule has 0 aliphatic rings. The Morgan fingerprint density at radius 3 is 2.38 bits per heavy atom. The first-order chi connectivity index (χ1) is 16.0. The molecule has 0 spiro atoms. The molecule has 178 valence electrons. The lowest BCUT2D eigenvalue weighted by Gasteiger charge is -2.24. The summed E-state index contributed by atoms with van der Waals surface area (Å²) in [5.41, 5.74) is 2.54. The average molecular weight is 554 g/mol. The number of anilines is 1. The number of amides is 1. The zero-order chi connectivity index (χ0) is 24.9. The third kappa shape index (κ3) is 6.45. The monoisotopic (exact) mass is 553 g/mol. The maximum absolute atomic E-state index is 13.3. The topological polar surface area (TPSA) is 78.8 Å². The molecule has 3 rings (SSSR count). The van der Waals surface area contributed by atoms with Crippen molar-refractivity contribution in [2.75, 3.05) is 10.8 Å². The van der Waals surface area contributed by atoms with Gasteiger partial charge in [-0.1, -0.05) is 51.8 Å². The number of alkyl halides is 3. The van der Waals surface area contributed by atoms with Gasteiger partial charge in [-0.2, -0.15) is 18.3 Å². The van der Waals surface area contributed by atoms with Crippen LogP contribution < -0.4 is 9.73 Å². The Bertz CT molecular complexity index is 1310. The Balaban J connectivity index is 1.82. The van der Waals surface area contributed by atoms with E-state index in [0.29, 0.717) is 4.47 Å². The molecule has 0 aliphatic carbocycles. The zero-order valence-corrected chi connectivity index (χ0v) is 20.2. The van der Waals surface area contributed by atoms with Gasteiger partial charge in [-0.25, -0.2) is 13.8 Å². The fourth-order valence-electron chi connectivity index (χ4n) is 2.92. The number of nitrogens with zero attached hydrogens (tertiary/aromatic N) is 2. The van der Waals surface area contributed by atoms with Gasteiger partial charge in [0.15, 0.2) is 0 Å². The third-order valence-electron chi connectivity index (χ3n) is 4.61. The minimum Gasteiger partial charge on any atom is -0.271 e. The van der Waals surface area contributed by atoms with Gasteiger partial charge in [0.2, 0.25) is 0 Å². The first-order valence-corrected chi connectivity index (χ1v) is 12.0. The molecule has 0 saturated heterocycles. The summed E-state index contributed by atoms with van der Waals surface area (Å²) >= 11 is 3.29. The van der Waals surface area contributed by atoms with Gasteiger partial charge in [0.1, 0.15) is 6.54 Å². The highest BCUT2D eigenvalue weighted by Gasteiger charge is 2.30. The second-order valence-corrected chi connectivity index (χ2v) is 10.00. The van der Waals surface area contributed by atoms with Crippen LogP contribution in [0.5, 0.6) is 0 Å². The number of rotatable bonds is 7. The van der Waals surface area contributed by atoms with E-state index in [9.17, 15) is 26.4 Å². The summed E-state index contributed by atoms with van der Waals surface area (Å²) in [5, 5.41) is 3.67. The van der Waals surface area contributed by atoms with Crippen LogP contribution in [-0.2, 0) is 21.0 Å². The summed E-state index contributed by atoms with van der Waals surface area (Å²) in [5.74, 6) is -0.779. The fourth-order valence-corrected chi connectivity index (χ4v) is 4.72. The molecule has 1 amide bonds. The average Bonchev–Trinajstić information content (AvgIpc) is 2.77. The molecular formula is C23H19BrF3N3O3S. The molecule has 3 aromatic carbocycles. The molecule has 0 radical (unpaired) electrons. The molecule has 6 nitrogen and oxygen atoms in total. The number of nitrogens with one attached hydrogen (secondary N) is 1. The van der Waals surface area contributed by atoms with Gasteiger partial charge < -0.3 is 0 Å². The van der Waals surface area contributed by atoms with E-state index < -0.39 is 34.2 Å². The van der Waals surface area contributed by atoms with Gasteiger partial charge in [-0.05, 0) is 55.0 Å². The molecule has 0 aromatic heterocycles. The maximum Gasteiger partial charge on any atom is 0.416 e. The Morgan fingerprint density at radius 1 is 1.06 bits per heavy atom. The van der Waals surface area contributed by atoms with E-state index >= 15 is 0 Å². The van der Waals surface area contributed by atoms with Crippen molar-refractivity contribution in [2.24, 2.45) is 5.10 Å². The van der Waals surface area contributed by atoms with Crippen molar-refractivity contribution < 1.29 is 26.4 Å². The molecule has 0 fully saturated rings. The lowest BCUT2D eigenvalue weighted by Crippen LogP contribution is -2.39. The molecule has 11 heteroatoms. The van der Waals surface area contributed by atoms with E-state index in [2.05, 4.69) is 26.5 Å². The van der Waals surface area contributed by atoms with E-state index in [-0.39, 0.29) is 16.1 Å². The van der Waals surface area contributed by atoms with Crippen molar-refractivity contribution in [1.29, 1.82) is 0 Å². The number of hydrazone groups is 1. The molecule has 0 saturated carbocycles. The molecular weight excluding hydrogens is 535 g/mol. The molecule has 0 aliphatic heterocycles. The maximum atomic E-state index is 13.3. The van der Waals surface area contributed by atoms with Gasteiger partial charge in [0.25, 0.3) is 15.9 Å². The quantitative estimate of drug-likeness (QED) is 0.325. The van der Waals surface area contributed by atoms with Crippen LogP contribution in [0, 0.1) is 6.92 Å². The number of sulfonamides is 1. The number of aryl methyl sites for hydroxylation is 1. The molecule has 3 aromatic rings. The second kappa shape index (κ2) is 10.4. The van der Waals surface area contributed by atoms with Gasteiger partial charge in [0.05, 0.1) is 22.4 Å². The molecule has 0 unspecified atom stereocenters. The van der Waals surface area contributed by atoms with Crippen molar-refractivity contribution in [3.8, 4) is 0 Å². The highest BCUT2D eigenvalue weighted by molar-refractivity contribution is 9.10. The Morgan fingerprint density at radius 2 is 1.74 bits per heavy atom. The normalized spacial score (nSPS) is 12.0. The lowest BCUT2D eigenvalue weighted by molar-refractivity contribution is -0.137. The molecule has 0 bridgehead atoms. The van der Waals surface area contributed by atoms with Crippen molar-refractivity contribution >= 4 is 43.8 Å². The third-order valence-corrected chi connectivity index (χ3v) is 6.89. The summed E-state index contributed by atoms with van der Waals surface area (Å²) in [6.45, 7) is 1.21. The number of halogens is 4. The summed E-state index contributed by atoms with van der Waals surface area (Å²) in [7, 11) is -4.11. The SMILES string of the molecule is Cc1ccc(S(=O)(=O)N(CC(=O)N/N=C\c2cccc(C(F)(F)F)c2)c2cccc(Br)c2)cc1. The van der Waals surface area contributed by atoms with Crippen LogP contribution in [-0.4, -0.2) is 27.1 Å². The number of carbonyl (C=O) groups excluding carboxylic acids is 1.